The molecule has 13 nitrogen and oxygen atoms in total. The number of nitrogens with zero attached hydrogens (tertiary/aromatic N) is 5. The van der Waals surface area contributed by atoms with Crippen molar-refractivity contribution in [2.45, 2.75) is 13.5 Å². The molecule has 1 aromatic carbocycles. The fourth-order valence-electron chi connectivity index (χ4n) is 2.01. The van der Waals surface area contributed by atoms with Crippen molar-refractivity contribution in [1.29, 1.82) is 0 Å². The molecule has 0 aliphatic carbocycles. The van der Waals surface area contributed by atoms with Gasteiger partial charge in [0.1, 0.15) is 12.2 Å². The number of nitro benzene ring substituents is 1. The van der Waals surface area contributed by atoms with Crippen LogP contribution in [-0.4, -0.2) is 30.5 Å². The molecule has 1 amide bonds. The molecule has 0 fully saturated rings. The molecular weight excluding hydrogens is 340 g/mol. The molecule has 130 valence electrons. The van der Waals surface area contributed by atoms with E-state index in [0.717, 1.165) is 4.68 Å². The maximum absolute atomic E-state index is 12.0. The number of non-ortho nitro benzene ring substituents is 1. The minimum Gasteiger partial charge on any atom is -0.358 e. The summed E-state index contributed by atoms with van der Waals surface area (Å²) < 4.78 is 0.844. The third-order valence-electron chi connectivity index (χ3n) is 3.17. The predicted molar refractivity (Wildman–Crippen MR) is 82.0 cm³/mol. The standard InChI is InChI=1S/C12H10N6O7/c1-7-11(17(22)23)12(18(24)25)14-15(7)6-10(19)13-8-2-4-9(5-3-8)16(20)21/h2-5H,6H2,1H3,(H,13,19). The minimum atomic E-state index is -1.00. The van der Waals surface area contributed by atoms with Gasteiger partial charge in [-0.1, -0.05) is 0 Å². The second-order valence-electron chi connectivity index (χ2n) is 4.78. The summed E-state index contributed by atoms with van der Waals surface area (Å²) in [4.78, 5) is 41.7. The largest absolute Gasteiger partial charge is 0.468 e. The summed E-state index contributed by atoms with van der Waals surface area (Å²) in [5.74, 6) is -1.62. The quantitative estimate of drug-likeness (QED) is 0.602. The lowest BCUT2D eigenvalue weighted by Gasteiger charge is -2.04. The Labute approximate surface area is 138 Å². The average Bonchev–Trinajstić information content (AvgIpc) is 2.85. The molecule has 2 aromatic rings. The second-order valence-corrected chi connectivity index (χ2v) is 4.78. The maximum Gasteiger partial charge on any atom is 0.468 e. The number of rotatable bonds is 6. The molecule has 1 N–H and O–H groups in total. The summed E-state index contributed by atoms with van der Waals surface area (Å²) in [5.41, 5.74) is -0.833. The zero-order valence-electron chi connectivity index (χ0n) is 12.6. The Hall–Kier alpha value is -3.90. The van der Waals surface area contributed by atoms with Gasteiger partial charge in [0.2, 0.25) is 5.91 Å². The Morgan fingerprint density at radius 1 is 1.08 bits per heavy atom. The van der Waals surface area contributed by atoms with Crippen LogP contribution in [0, 0.1) is 37.3 Å². The number of carbonyl (C=O) groups excluding carboxylic acids is 1. The molecule has 1 heterocycles. The Balaban J connectivity index is 2.18. The van der Waals surface area contributed by atoms with Crippen LogP contribution in [0.4, 0.5) is 22.9 Å². The van der Waals surface area contributed by atoms with E-state index < -0.39 is 38.7 Å². The number of benzene rings is 1. The maximum atomic E-state index is 12.0. The van der Waals surface area contributed by atoms with Gasteiger partial charge in [-0.3, -0.25) is 25.0 Å². The van der Waals surface area contributed by atoms with E-state index in [0.29, 0.717) is 0 Å². The average molecular weight is 350 g/mol. The second kappa shape index (κ2) is 6.69. The highest BCUT2D eigenvalue weighted by Crippen LogP contribution is 2.29. The van der Waals surface area contributed by atoms with Crippen LogP contribution >= 0.6 is 0 Å². The van der Waals surface area contributed by atoms with Gasteiger partial charge in [-0.15, -0.1) is 0 Å². The first-order chi connectivity index (χ1) is 11.7. The first-order valence-electron chi connectivity index (χ1n) is 6.61. The molecule has 13 heteroatoms. The summed E-state index contributed by atoms with van der Waals surface area (Å²) in [6, 6.07) is 4.97. The zero-order chi connectivity index (χ0) is 18.7. The summed E-state index contributed by atoms with van der Waals surface area (Å²) in [6.45, 7) is 0.731. The molecule has 0 unspecified atom stereocenters. The molecule has 0 saturated carbocycles. The van der Waals surface area contributed by atoms with E-state index in [4.69, 9.17) is 0 Å². The van der Waals surface area contributed by atoms with Crippen molar-refractivity contribution in [3.63, 3.8) is 0 Å². The first kappa shape index (κ1) is 17.5. The van der Waals surface area contributed by atoms with E-state index in [1.54, 1.807) is 0 Å². The van der Waals surface area contributed by atoms with Gasteiger partial charge in [0.15, 0.2) is 0 Å². The fraction of sp³-hybridized carbons (Fsp3) is 0.167. The first-order valence-corrected chi connectivity index (χ1v) is 6.61. The third kappa shape index (κ3) is 3.72. The van der Waals surface area contributed by atoms with Gasteiger partial charge in [-0.2, -0.15) is 4.68 Å². The molecule has 0 saturated heterocycles. The zero-order valence-corrected chi connectivity index (χ0v) is 12.6. The summed E-state index contributed by atoms with van der Waals surface area (Å²) in [7, 11) is 0. The molecule has 2 rings (SSSR count). The van der Waals surface area contributed by atoms with Crippen LogP contribution in [0.15, 0.2) is 24.3 Å². The third-order valence-corrected chi connectivity index (χ3v) is 3.17. The summed E-state index contributed by atoms with van der Waals surface area (Å²) in [6.07, 6.45) is 0. The van der Waals surface area contributed by atoms with Crippen LogP contribution in [0.5, 0.6) is 0 Å². The number of nitrogens with one attached hydrogen (secondary N) is 1. The lowest BCUT2D eigenvalue weighted by atomic mass is 10.3. The summed E-state index contributed by atoms with van der Waals surface area (Å²) >= 11 is 0. The van der Waals surface area contributed by atoms with Crippen LogP contribution in [-0.2, 0) is 11.3 Å². The van der Waals surface area contributed by atoms with Gasteiger partial charge in [0.05, 0.1) is 14.9 Å². The molecule has 25 heavy (non-hydrogen) atoms. The summed E-state index contributed by atoms with van der Waals surface area (Å²) in [5, 5.41) is 38.2. The van der Waals surface area contributed by atoms with Crippen molar-refractivity contribution in [2.24, 2.45) is 0 Å². The number of hydrogen-bond donors (Lipinski definition) is 1. The lowest BCUT2D eigenvalue weighted by Crippen LogP contribution is -2.20. The predicted octanol–water partition coefficient (Wildman–Crippen LogP) is 1.55. The SMILES string of the molecule is Cc1c([N+](=O)[O-])c([N+](=O)[O-])nn1CC(=O)Nc1ccc([N+](=O)[O-])cc1. The molecule has 0 aliphatic rings. The number of carbonyl (C=O) groups is 1. The molecule has 0 bridgehead atoms. The van der Waals surface area contributed by atoms with Gasteiger partial charge in [0, 0.05) is 17.8 Å². The van der Waals surface area contributed by atoms with E-state index in [1.807, 2.05) is 0 Å². The van der Waals surface area contributed by atoms with E-state index in [-0.39, 0.29) is 17.1 Å². The van der Waals surface area contributed by atoms with Crippen LogP contribution in [0.1, 0.15) is 5.69 Å². The van der Waals surface area contributed by atoms with Crippen molar-refractivity contribution >= 4 is 28.8 Å². The number of aromatic nitrogens is 2. The van der Waals surface area contributed by atoms with Crippen molar-refractivity contribution in [3.8, 4) is 0 Å². The Bertz CT molecular complexity index is 873. The van der Waals surface area contributed by atoms with E-state index >= 15 is 0 Å². The van der Waals surface area contributed by atoms with Crippen molar-refractivity contribution in [1.82, 2.24) is 9.78 Å². The monoisotopic (exact) mass is 350 g/mol. The highest BCUT2D eigenvalue weighted by molar-refractivity contribution is 5.90. The van der Waals surface area contributed by atoms with E-state index in [9.17, 15) is 35.1 Å². The number of hydrogen-bond acceptors (Lipinski definition) is 8. The van der Waals surface area contributed by atoms with Crippen LogP contribution in [0.2, 0.25) is 0 Å². The molecular formula is C12H10N6O7. The molecule has 0 aliphatic heterocycles. The normalized spacial score (nSPS) is 10.3. The van der Waals surface area contributed by atoms with Crippen molar-refractivity contribution in [3.05, 3.63) is 60.3 Å². The smallest absolute Gasteiger partial charge is 0.358 e. The molecule has 1 aromatic heterocycles. The van der Waals surface area contributed by atoms with Gasteiger partial charge >= 0.3 is 11.5 Å². The van der Waals surface area contributed by atoms with Gasteiger partial charge in [-0.05, 0) is 24.0 Å². The van der Waals surface area contributed by atoms with Gasteiger partial charge in [-0.25, -0.2) is 0 Å². The van der Waals surface area contributed by atoms with E-state index in [2.05, 4.69) is 10.4 Å². The lowest BCUT2D eigenvalue weighted by molar-refractivity contribution is -0.424. The topological polar surface area (TPSA) is 176 Å². The van der Waals surface area contributed by atoms with E-state index in [1.165, 1.54) is 31.2 Å². The highest BCUT2D eigenvalue weighted by atomic mass is 16.6. The number of nitro groups is 3. The van der Waals surface area contributed by atoms with Crippen LogP contribution in [0.25, 0.3) is 0 Å². The van der Waals surface area contributed by atoms with Crippen LogP contribution in [0.3, 0.4) is 0 Å². The highest BCUT2D eigenvalue weighted by Gasteiger charge is 2.35. The Kier molecular flexibility index (Phi) is 4.67. The Morgan fingerprint density at radius 2 is 1.68 bits per heavy atom. The van der Waals surface area contributed by atoms with Crippen molar-refractivity contribution in [2.75, 3.05) is 5.32 Å². The Morgan fingerprint density at radius 3 is 2.12 bits per heavy atom. The number of amides is 1. The molecule has 0 atom stereocenters. The number of anilines is 1. The van der Waals surface area contributed by atoms with Crippen LogP contribution < -0.4 is 5.32 Å². The fourth-order valence-corrected chi connectivity index (χ4v) is 2.01. The van der Waals surface area contributed by atoms with Gasteiger partial charge < -0.3 is 15.4 Å². The van der Waals surface area contributed by atoms with Crippen molar-refractivity contribution < 1.29 is 19.6 Å². The van der Waals surface area contributed by atoms with Gasteiger partial charge in [0.25, 0.3) is 5.69 Å². The molecule has 0 radical (unpaired) electrons. The minimum absolute atomic E-state index is 0.143. The molecule has 0 spiro atoms.